The van der Waals surface area contributed by atoms with Crippen molar-refractivity contribution in [1.29, 1.82) is 0 Å². The van der Waals surface area contributed by atoms with E-state index >= 15 is 0 Å². The van der Waals surface area contributed by atoms with Crippen LogP contribution in [0, 0.1) is 0 Å². The molecule has 0 aliphatic heterocycles. The number of esters is 1. The molecule has 0 saturated carbocycles. The summed E-state index contributed by atoms with van der Waals surface area (Å²) in [6.45, 7) is 1.93. The maximum atomic E-state index is 12.4. The number of H-pyrrole nitrogens is 1. The third-order valence-electron chi connectivity index (χ3n) is 3.45. The molecular weight excluding hydrogens is 344 g/mol. The lowest BCUT2D eigenvalue weighted by molar-refractivity contribution is 0.0526. The largest absolute Gasteiger partial charge is 0.505 e. The Hall–Kier alpha value is -3.13. The van der Waals surface area contributed by atoms with Crippen LogP contribution >= 0.6 is 11.3 Å². The number of amides is 1. The minimum Gasteiger partial charge on any atom is -0.505 e. The standard InChI is InChI=1S/C17H14N2O5S/c1-2-24-17(23)9-4-3-5-10(8-9)18-15(21)12-13(20)14-11(6-7-25-14)19-16(12)22/h3-8H,2H2,1H3,(H,18,21)(H2,19,20,22). The van der Waals surface area contributed by atoms with Gasteiger partial charge in [-0.25, -0.2) is 4.79 Å². The molecule has 3 aromatic rings. The van der Waals surface area contributed by atoms with Gasteiger partial charge in [0, 0.05) is 5.69 Å². The molecule has 3 rings (SSSR count). The van der Waals surface area contributed by atoms with Gasteiger partial charge < -0.3 is 20.1 Å². The highest BCUT2D eigenvalue weighted by molar-refractivity contribution is 7.17. The molecular formula is C17H14N2O5S. The Bertz CT molecular complexity index is 1020. The fraction of sp³-hybridized carbons (Fsp3) is 0.118. The van der Waals surface area contributed by atoms with Crippen molar-refractivity contribution in [3.63, 3.8) is 0 Å². The summed E-state index contributed by atoms with van der Waals surface area (Å²) in [6.07, 6.45) is 0. The molecule has 2 heterocycles. The molecule has 0 fully saturated rings. The number of carbonyl (C=O) groups is 2. The van der Waals surface area contributed by atoms with Crippen LogP contribution in [0.1, 0.15) is 27.6 Å². The zero-order valence-electron chi connectivity index (χ0n) is 13.2. The Morgan fingerprint density at radius 3 is 2.88 bits per heavy atom. The van der Waals surface area contributed by atoms with Crippen molar-refractivity contribution in [2.45, 2.75) is 6.92 Å². The van der Waals surface area contributed by atoms with E-state index in [1.165, 1.54) is 17.4 Å². The van der Waals surface area contributed by atoms with Gasteiger partial charge in [0.05, 0.1) is 22.4 Å². The molecule has 0 saturated heterocycles. The average molecular weight is 358 g/mol. The molecule has 1 aromatic carbocycles. The van der Waals surface area contributed by atoms with E-state index in [9.17, 15) is 19.5 Å². The third-order valence-corrected chi connectivity index (χ3v) is 4.37. The Balaban J connectivity index is 1.92. The van der Waals surface area contributed by atoms with Gasteiger partial charge in [-0.3, -0.25) is 9.59 Å². The van der Waals surface area contributed by atoms with Gasteiger partial charge in [-0.1, -0.05) is 6.07 Å². The van der Waals surface area contributed by atoms with Gasteiger partial charge in [0.1, 0.15) is 5.56 Å². The first kappa shape index (κ1) is 16.7. The Morgan fingerprint density at radius 2 is 2.12 bits per heavy atom. The maximum Gasteiger partial charge on any atom is 0.338 e. The number of anilines is 1. The van der Waals surface area contributed by atoms with Crippen molar-refractivity contribution in [3.05, 3.63) is 57.2 Å². The van der Waals surface area contributed by atoms with E-state index in [1.807, 2.05) is 0 Å². The summed E-state index contributed by atoms with van der Waals surface area (Å²) in [5.74, 6) is -1.65. The molecule has 2 aromatic heterocycles. The van der Waals surface area contributed by atoms with Crippen LogP contribution in [-0.2, 0) is 4.74 Å². The first-order valence-corrected chi connectivity index (χ1v) is 8.30. The van der Waals surface area contributed by atoms with Crippen molar-refractivity contribution in [2.75, 3.05) is 11.9 Å². The smallest absolute Gasteiger partial charge is 0.338 e. The molecule has 25 heavy (non-hydrogen) atoms. The number of carbonyl (C=O) groups excluding carboxylic acids is 2. The highest BCUT2D eigenvalue weighted by atomic mass is 32.1. The third kappa shape index (κ3) is 3.24. The summed E-state index contributed by atoms with van der Waals surface area (Å²) in [7, 11) is 0. The predicted octanol–water partition coefficient (Wildman–Crippen LogP) is 2.72. The van der Waals surface area contributed by atoms with Crippen molar-refractivity contribution in [2.24, 2.45) is 0 Å². The van der Waals surface area contributed by atoms with Crippen LogP contribution in [0.4, 0.5) is 5.69 Å². The summed E-state index contributed by atoms with van der Waals surface area (Å²) in [5, 5.41) is 14.4. The molecule has 0 atom stereocenters. The summed E-state index contributed by atoms with van der Waals surface area (Å²) in [4.78, 5) is 38.8. The fourth-order valence-electron chi connectivity index (χ4n) is 2.34. The molecule has 0 spiro atoms. The molecule has 3 N–H and O–H groups in total. The second kappa shape index (κ2) is 6.78. The zero-order valence-corrected chi connectivity index (χ0v) is 14.0. The molecule has 0 radical (unpaired) electrons. The quantitative estimate of drug-likeness (QED) is 0.622. The second-order valence-corrected chi connectivity index (χ2v) is 6.01. The number of thiophene rings is 1. The Morgan fingerprint density at radius 1 is 1.32 bits per heavy atom. The molecule has 1 amide bonds. The van der Waals surface area contributed by atoms with Gasteiger partial charge in [-0.2, -0.15) is 0 Å². The van der Waals surface area contributed by atoms with E-state index in [0.29, 0.717) is 15.9 Å². The summed E-state index contributed by atoms with van der Waals surface area (Å²) >= 11 is 1.21. The SMILES string of the molecule is CCOC(=O)c1cccc(NC(=O)c2c(O)c3sccc3[nH]c2=O)c1. The number of benzene rings is 1. The molecule has 0 aliphatic carbocycles. The van der Waals surface area contributed by atoms with Crippen molar-refractivity contribution < 1.29 is 19.4 Å². The highest BCUT2D eigenvalue weighted by Gasteiger charge is 2.20. The van der Waals surface area contributed by atoms with Gasteiger partial charge in [-0.15, -0.1) is 11.3 Å². The van der Waals surface area contributed by atoms with E-state index in [2.05, 4.69) is 10.3 Å². The minimum atomic E-state index is -0.768. The Labute approximate surface area is 145 Å². The number of aromatic nitrogens is 1. The van der Waals surface area contributed by atoms with Crippen molar-refractivity contribution in [1.82, 2.24) is 4.98 Å². The number of fused-ring (bicyclic) bond motifs is 1. The van der Waals surface area contributed by atoms with Crippen LogP contribution < -0.4 is 10.9 Å². The molecule has 7 nitrogen and oxygen atoms in total. The van der Waals surface area contributed by atoms with E-state index in [0.717, 1.165) is 0 Å². The molecule has 8 heteroatoms. The number of aromatic amines is 1. The second-order valence-electron chi connectivity index (χ2n) is 5.10. The number of nitrogens with one attached hydrogen (secondary N) is 2. The van der Waals surface area contributed by atoms with Crippen LogP contribution in [0.15, 0.2) is 40.5 Å². The lowest BCUT2D eigenvalue weighted by atomic mass is 10.2. The molecule has 0 unspecified atom stereocenters. The van der Waals surface area contributed by atoms with Crippen molar-refractivity contribution in [3.8, 4) is 5.75 Å². The van der Waals surface area contributed by atoms with Gasteiger partial charge in [-0.05, 0) is 36.6 Å². The highest BCUT2D eigenvalue weighted by Crippen LogP contribution is 2.29. The van der Waals surface area contributed by atoms with Gasteiger partial charge >= 0.3 is 5.97 Å². The summed E-state index contributed by atoms with van der Waals surface area (Å²) in [6, 6.07) is 7.77. The monoisotopic (exact) mass is 358 g/mol. The summed E-state index contributed by atoms with van der Waals surface area (Å²) < 4.78 is 5.33. The normalized spacial score (nSPS) is 10.6. The zero-order chi connectivity index (χ0) is 18.0. The van der Waals surface area contributed by atoms with Gasteiger partial charge in [0.25, 0.3) is 11.5 Å². The van der Waals surface area contributed by atoms with E-state index in [4.69, 9.17) is 4.74 Å². The van der Waals surface area contributed by atoms with Crippen LogP contribution in [0.3, 0.4) is 0 Å². The van der Waals surface area contributed by atoms with Gasteiger partial charge in [0.2, 0.25) is 0 Å². The first-order chi connectivity index (χ1) is 12.0. The maximum absolute atomic E-state index is 12.4. The molecule has 0 aliphatic rings. The average Bonchev–Trinajstić information content (AvgIpc) is 3.04. The lowest BCUT2D eigenvalue weighted by Gasteiger charge is -2.08. The number of hydrogen-bond acceptors (Lipinski definition) is 6. The van der Waals surface area contributed by atoms with E-state index in [1.54, 1.807) is 36.6 Å². The fourth-order valence-corrected chi connectivity index (χ4v) is 3.14. The molecule has 128 valence electrons. The number of hydrogen-bond donors (Lipinski definition) is 3. The topological polar surface area (TPSA) is 108 Å². The first-order valence-electron chi connectivity index (χ1n) is 7.42. The Kier molecular flexibility index (Phi) is 4.53. The number of rotatable bonds is 4. The number of ether oxygens (including phenoxy) is 1. The predicted molar refractivity (Wildman–Crippen MR) is 94.5 cm³/mol. The summed E-state index contributed by atoms with van der Waals surface area (Å²) in [5.41, 5.74) is -0.0283. The number of aromatic hydroxyl groups is 1. The lowest BCUT2D eigenvalue weighted by Crippen LogP contribution is -2.23. The van der Waals surface area contributed by atoms with Crippen molar-refractivity contribution >= 4 is 39.1 Å². The minimum absolute atomic E-state index is 0.236. The van der Waals surface area contributed by atoms with Crippen LogP contribution in [0.25, 0.3) is 10.2 Å². The van der Waals surface area contributed by atoms with Gasteiger partial charge in [0.15, 0.2) is 5.75 Å². The van der Waals surface area contributed by atoms with Crippen LogP contribution in [0.2, 0.25) is 0 Å². The van der Waals surface area contributed by atoms with Crippen LogP contribution in [0.5, 0.6) is 5.75 Å². The van der Waals surface area contributed by atoms with E-state index < -0.39 is 17.4 Å². The number of pyridine rings is 1. The van der Waals surface area contributed by atoms with Crippen LogP contribution in [-0.4, -0.2) is 28.6 Å². The molecule has 0 bridgehead atoms. The van der Waals surface area contributed by atoms with E-state index in [-0.39, 0.29) is 23.5 Å².